The summed E-state index contributed by atoms with van der Waals surface area (Å²) in [6, 6.07) is 3.95. The molecule has 2 rings (SSSR count). The van der Waals surface area contributed by atoms with Gasteiger partial charge < -0.3 is 15.3 Å². The summed E-state index contributed by atoms with van der Waals surface area (Å²) in [4.78, 5) is 27.1. The van der Waals surface area contributed by atoms with Crippen molar-refractivity contribution in [3.05, 3.63) is 21.9 Å². The fourth-order valence-electron chi connectivity index (χ4n) is 2.36. The van der Waals surface area contributed by atoms with Crippen LogP contribution in [0, 0.1) is 12.8 Å². The number of urea groups is 1. The first-order valence-electron chi connectivity index (χ1n) is 6.82. The Morgan fingerprint density at radius 3 is 2.55 bits per heavy atom. The van der Waals surface area contributed by atoms with Gasteiger partial charge in [0.15, 0.2) is 0 Å². The molecule has 0 spiro atoms. The van der Waals surface area contributed by atoms with Crippen LogP contribution >= 0.6 is 11.3 Å². The maximum absolute atomic E-state index is 12.1. The first kappa shape index (κ1) is 14.8. The number of nitrogens with one attached hydrogen (secondary N) is 1. The largest absolute Gasteiger partial charge is 0.481 e. The van der Waals surface area contributed by atoms with Crippen LogP contribution in [0.3, 0.4) is 0 Å². The number of amides is 2. The zero-order valence-corrected chi connectivity index (χ0v) is 12.6. The van der Waals surface area contributed by atoms with Crippen LogP contribution in [0.2, 0.25) is 0 Å². The second-order valence-electron chi connectivity index (χ2n) is 5.22. The predicted molar refractivity (Wildman–Crippen MR) is 77.9 cm³/mol. The van der Waals surface area contributed by atoms with E-state index in [0.29, 0.717) is 25.9 Å². The van der Waals surface area contributed by atoms with E-state index in [1.807, 2.05) is 26.0 Å². The molecule has 20 heavy (non-hydrogen) atoms. The molecule has 0 aromatic carbocycles. The van der Waals surface area contributed by atoms with E-state index in [4.69, 9.17) is 5.11 Å². The molecule has 1 atom stereocenters. The number of nitrogens with zero attached hydrogens (tertiary/aromatic N) is 1. The summed E-state index contributed by atoms with van der Waals surface area (Å²) in [5, 5.41) is 11.9. The van der Waals surface area contributed by atoms with Crippen molar-refractivity contribution in [3.63, 3.8) is 0 Å². The predicted octanol–water partition coefficient (Wildman–Crippen LogP) is 2.62. The highest BCUT2D eigenvalue weighted by molar-refractivity contribution is 7.12. The first-order valence-corrected chi connectivity index (χ1v) is 7.63. The number of hydrogen-bond donors (Lipinski definition) is 2. The summed E-state index contributed by atoms with van der Waals surface area (Å²) in [7, 11) is 0. The van der Waals surface area contributed by atoms with Gasteiger partial charge in [-0.05, 0) is 38.8 Å². The smallest absolute Gasteiger partial charge is 0.317 e. The van der Waals surface area contributed by atoms with Crippen LogP contribution < -0.4 is 5.32 Å². The second kappa shape index (κ2) is 6.26. The molecule has 1 aromatic rings. The summed E-state index contributed by atoms with van der Waals surface area (Å²) in [6.07, 6.45) is 1.07. The number of aliphatic carboxylic acids is 1. The Hall–Kier alpha value is -1.56. The fourth-order valence-corrected chi connectivity index (χ4v) is 3.24. The number of carbonyl (C=O) groups is 2. The van der Waals surface area contributed by atoms with Gasteiger partial charge in [0.25, 0.3) is 0 Å². The van der Waals surface area contributed by atoms with Crippen molar-refractivity contribution in [2.75, 3.05) is 13.1 Å². The summed E-state index contributed by atoms with van der Waals surface area (Å²) in [6.45, 7) is 5.03. The Labute approximate surface area is 122 Å². The normalized spacial score (nSPS) is 17.8. The monoisotopic (exact) mass is 296 g/mol. The Kier molecular flexibility index (Phi) is 4.65. The molecule has 0 saturated carbocycles. The Morgan fingerprint density at radius 1 is 1.40 bits per heavy atom. The number of carboxylic acid groups (broad SMARTS) is 1. The van der Waals surface area contributed by atoms with Gasteiger partial charge in [-0.3, -0.25) is 4.79 Å². The quantitative estimate of drug-likeness (QED) is 0.901. The number of carbonyl (C=O) groups excluding carboxylic acids is 1. The lowest BCUT2D eigenvalue weighted by atomic mass is 9.97. The summed E-state index contributed by atoms with van der Waals surface area (Å²) in [5.74, 6) is -1.07. The SMILES string of the molecule is Cc1ccc(C(C)NC(=O)N2CCC(C(=O)O)CC2)s1. The van der Waals surface area contributed by atoms with Gasteiger partial charge in [-0.25, -0.2) is 4.79 Å². The number of piperidine rings is 1. The maximum Gasteiger partial charge on any atom is 0.317 e. The number of hydrogen-bond acceptors (Lipinski definition) is 3. The highest BCUT2D eigenvalue weighted by Crippen LogP contribution is 2.23. The van der Waals surface area contributed by atoms with Crippen molar-refractivity contribution in [3.8, 4) is 0 Å². The molecule has 1 aliphatic heterocycles. The molecular weight excluding hydrogens is 276 g/mol. The molecule has 0 aliphatic carbocycles. The number of thiophene rings is 1. The summed E-state index contributed by atoms with van der Waals surface area (Å²) in [5.41, 5.74) is 0. The van der Waals surface area contributed by atoms with Crippen LogP contribution in [0.15, 0.2) is 12.1 Å². The lowest BCUT2D eigenvalue weighted by Crippen LogP contribution is -2.46. The van der Waals surface area contributed by atoms with Gasteiger partial charge >= 0.3 is 12.0 Å². The van der Waals surface area contributed by atoms with Crippen LogP contribution in [-0.4, -0.2) is 35.1 Å². The molecule has 2 heterocycles. The van der Waals surface area contributed by atoms with E-state index in [1.165, 1.54) is 4.88 Å². The van der Waals surface area contributed by atoms with Crippen molar-refractivity contribution >= 4 is 23.3 Å². The zero-order valence-electron chi connectivity index (χ0n) is 11.8. The maximum atomic E-state index is 12.1. The lowest BCUT2D eigenvalue weighted by Gasteiger charge is -2.31. The second-order valence-corrected chi connectivity index (χ2v) is 6.54. The highest BCUT2D eigenvalue weighted by Gasteiger charge is 2.27. The van der Waals surface area contributed by atoms with E-state index >= 15 is 0 Å². The molecule has 110 valence electrons. The molecule has 5 nitrogen and oxygen atoms in total. The highest BCUT2D eigenvalue weighted by atomic mass is 32.1. The van der Waals surface area contributed by atoms with Gasteiger partial charge in [-0.1, -0.05) is 0 Å². The van der Waals surface area contributed by atoms with Crippen molar-refractivity contribution in [2.24, 2.45) is 5.92 Å². The van der Waals surface area contributed by atoms with E-state index in [0.717, 1.165) is 4.88 Å². The van der Waals surface area contributed by atoms with E-state index in [9.17, 15) is 9.59 Å². The van der Waals surface area contributed by atoms with Crippen molar-refractivity contribution in [1.29, 1.82) is 0 Å². The minimum atomic E-state index is -0.757. The average molecular weight is 296 g/mol. The van der Waals surface area contributed by atoms with Crippen molar-refractivity contribution < 1.29 is 14.7 Å². The van der Waals surface area contributed by atoms with E-state index in [1.54, 1.807) is 16.2 Å². The molecular formula is C14H20N2O3S. The standard InChI is InChI=1S/C14H20N2O3S/c1-9-3-4-12(20-9)10(2)15-14(19)16-7-5-11(6-8-16)13(17)18/h3-4,10-11H,5-8H2,1-2H3,(H,15,19)(H,17,18). The van der Waals surface area contributed by atoms with Gasteiger partial charge in [-0.2, -0.15) is 0 Å². The molecule has 2 amide bonds. The number of rotatable bonds is 3. The summed E-state index contributed by atoms with van der Waals surface area (Å²) >= 11 is 1.68. The molecule has 1 saturated heterocycles. The van der Waals surface area contributed by atoms with Crippen LogP contribution in [0.5, 0.6) is 0 Å². The molecule has 6 heteroatoms. The molecule has 1 unspecified atom stereocenters. The Bertz CT molecular complexity index is 492. The van der Waals surface area contributed by atoms with Gasteiger partial charge in [0, 0.05) is 22.8 Å². The van der Waals surface area contributed by atoms with Crippen LogP contribution in [0.25, 0.3) is 0 Å². The molecule has 0 radical (unpaired) electrons. The van der Waals surface area contributed by atoms with E-state index in [2.05, 4.69) is 5.32 Å². The Balaban J connectivity index is 1.85. The van der Waals surface area contributed by atoms with Crippen LogP contribution in [-0.2, 0) is 4.79 Å². The average Bonchev–Trinajstić information content (AvgIpc) is 2.85. The minimum Gasteiger partial charge on any atom is -0.481 e. The number of aryl methyl sites for hydroxylation is 1. The van der Waals surface area contributed by atoms with Gasteiger partial charge in [0.1, 0.15) is 0 Å². The zero-order chi connectivity index (χ0) is 14.7. The number of carboxylic acids is 1. The molecule has 2 N–H and O–H groups in total. The molecule has 1 fully saturated rings. The molecule has 1 aliphatic rings. The van der Waals surface area contributed by atoms with Crippen LogP contribution in [0.4, 0.5) is 4.79 Å². The van der Waals surface area contributed by atoms with E-state index < -0.39 is 5.97 Å². The van der Waals surface area contributed by atoms with Gasteiger partial charge in [-0.15, -0.1) is 11.3 Å². The molecule has 0 bridgehead atoms. The third-order valence-corrected chi connectivity index (χ3v) is 4.84. The number of likely N-dealkylation sites (tertiary alicyclic amines) is 1. The van der Waals surface area contributed by atoms with Gasteiger partial charge in [0.05, 0.1) is 12.0 Å². The van der Waals surface area contributed by atoms with Crippen molar-refractivity contribution in [2.45, 2.75) is 32.7 Å². The Morgan fingerprint density at radius 2 is 2.05 bits per heavy atom. The summed E-state index contributed by atoms with van der Waals surface area (Å²) < 4.78 is 0. The van der Waals surface area contributed by atoms with Crippen LogP contribution in [0.1, 0.15) is 35.6 Å². The topological polar surface area (TPSA) is 69.6 Å². The third kappa shape index (κ3) is 3.50. The van der Waals surface area contributed by atoms with E-state index in [-0.39, 0.29) is 18.0 Å². The fraction of sp³-hybridized carbons (Fsp3) is 0.571. The molecule has 1 aromatic heterocycles. The van der Waals surface area contributed by atoms with Gasteiger partial charge in [0.2, 0.25) is 0 Å². The minimum absolute atomic E-state index is 0.0154. The lowest BCUT2D eigenvalue weighted by molar-refractivity contribution is -0.143. The third-order valence-electron chi connectivity index (χ3n) is 3.66. The van der Waals surface area contributed by atoms with Crippen molar-refractivity contribution in [1.82, 2.24) is 10.2 Å². The first-order chi connectivity index (χ1) is 9.47.